The largest absolute Gasteiger partial charge is 0.357 e. The van der Waals surface area contributed by atoms with Crippen LogP contribution >= 0.6 is 47.2 Å². The van der Waals surface area contributed by atoms with Crippen molar-refractivity contribution in [3.05, 3.63) is 63.6 Å². The summed E-state index contributed by atoms with van der Waals surface area (Å²) in [5.41, 5.74) is 1.88. The Labute approximate surface area is 193 Å². The highest BCUT2D eigenvalue weighted by Crippen LogP contribution is 2.21. The lowest BCUT2D eigenvalue weighted by Gasteiger charge is -2.12. The van der Waals surface area contributed by atoms with Crippen molar-refractivity contribution < 1.29 is 8.42 Å². The zero-order valence-electron chi connectivity index (χ0n) is 15.3. The molecule has 2 aromatic rings. The van der Waals surface area contributed by atoms with Crippen LogP contribution in [-0.2, 0) is 23.0 Å². The minimum Gasteiger partial charge on any atom is -0.357 e. The molecule has 10 heteroatoms. The fraction of sp³-hybridized carbons (Fsp3) is 0.278. The predicted octanol–water partition coefficient (Wildman–Crippen LogP) is 3.56. The fourth-order valence-electron chi connectivity index (χ4n) is 2.33. The fourth-order valence-corrected chi connectivity index (χ4v) is 3.31. The molecule has 0 aliphatic heterocycles. The van der Waals surface area contributed by atoms with Crippen LogP contribution in [0.5, 0.6) is 0 Å². The molecule has 0 aromatic heterocycles. The number of hydrogen-bond donors (Lipinski definition) is 3. The summed E-state index contributed by atoms with van der Waals surface area (Å²) in [5, 5.41) is 12.7. The highest BCUT2D eigenvalue weighted by molar-refractivity contribution is 14.0. The summed E-state index contributed by atoms with van der Waals surface area (Å²) in [5.74, 6) is 0.671. The van der Waals surface area contributed by atoms with Crippen LogP contribution < -0.4 is 15.8 Å². The van der Waals surface area contributed by atoms with E-state index < -0.39 is 10.0 Å². The van der Waals surface area contributed by atoms with Crippen LogP contribution in [-0.4, -0.2) is 27.5 Å². The smallest absolute Gasteiger partial charge is 0.238 e. The van der Waals surface area contributed by atoms with Gasteiger partial charge in [-0.3, -0.25) is 0 Å². The number of hydrogen-bond acceptors (Lipinski definition) is 3. The van der Waals surface area contributed by atoms with E-state index in [0.29, 0.717) is 35.5 Å². The van der Waals surface area contributed by atoms with Crippen molar-refractivity contribution in [2.75, 3.05) is 13.1 Å². The molecule has 0 unspecified atom stereocenters. The number of benzene rings is 2. The van der Waals surface area contributed by atoms with Crippen molar-refractivity contribution in [1.29, 1.82) is 0 Å². The number of primary sulfonamides is 1. The molecule has 0 aliphatic rings. The molecular formula is C18H23Cl2IN4O2S. The van der Waals surface area contributed by atoms with Crippen LogP contribution in [0.3, 0.4) is 0 Å². The molecule has 0 atom stereocenters. The van der Waals surface area contributed by atoms with Gasteiger partial charge in [-0.15, -0.1) is 24.0 Å². The Hall–Kier alpha value is -1.07. The molecule has 0 radical (unpaired) electrons. The number of nitrogens with zero attached hydrogens (tertiary/aromatic N) is 1. The molecule has 4 N–H and O–H groups in total. The van der Waals surface area contributed by atoms with E-state index in [1.165, 1.54) is 12.1 Å². The van der Waals surface area contributed by atoms with Gasteiger partial charge in [-0.25, -0.2) is 18.5 Å². The third kappa shape index (κ3) is 8.12. The Bertz CT molecular complexity index is 906. The second-order valence-electron chi connectivity index (χ2n) is 5.80. The molecule has 0 fully saturated rings. The van der Waals surface area contributed by atoms with Crippen molar-refractivity contribution in [2.45, 2.75) is 24.8 Å². The molecule has 2 aromatic carbocycles. The van der Waals surface area contributed by atoms with Gasteiger partial charge in [0.2, 0.25) is 10.0 Å². The molecule has 6 nitrogen and oxygen atoms in total. The molecule has 0 spiro atoms. The van der Waals surface area contributed by atoms with Gasteiger partial charge in [-0.05, 0) is 48.7 Å². The van der Waals surface area contributed by atoms with E-state index in [0.717, 1.165) is 17.7 Å². The first-order valence-electron chi connectivity index (χ1n) is 8.37. The first kappa shape index (κ1) is 25.0. The normalized spacial score (nSPS) is 11.6. The lowest BCUT2D eigenvalue weighted by molar-refractivity contribution is 0.598. The second kappa shape index (κ2) is 11.8. The highest BCUT2D eigenvalue weighted by Gasteiger charge is 2.07. The van der Waals surface area contributed by atoms with E-state index in [4.69, 9.17) is 28.3 Å². The first-order valence-corrected chi connectivity index (χ1v) is 10.7. The second-order valence-corrected chi connectivity index (χ2v) is 8.20. The van der Waals surface area contributed by atoms with E-state index in [9.17, 15) is 8.42 Å². The van der Waals surface area contributed by atoms with Gasteiger partial charge in [0.05, 0.1) is 11.4 Å². The van der Waals surface area contributed by atoms with E-state index in [-0.39, 0.29) is 28.9 Å². The van der Waals surface area contributed by atoms with Gasteiger partial charge in [-0.2, -0.15) is 0 Å². The van der Waals surface area contributed by atoms with Crippen molar-refractivity contribution >= 4 is 63.2 Å². The van der Waals surface area contributed by atoms with Crippen LogP contribution in [0.25, 0.3) is 0 Å². The highest BCUT2D eigenvalue weighted by atomic mass is 127. The molecular weight excluding hydrogens is 534 g/mol. The summed E-state index contributed by atoms with van der Waals surface area (Å²) in [7, 11) is -3.66. The third-order valence-corrected chi connectivity index (χ3v) is 5.24. The zero-order chi connectivity index (χ0) is 19.9. The van der Waals surface area contributed by atoms with Gasteiger partial charge in [0.1, 0.15) is 0 Å². The van der Waals surface area contributed by atoms with Gasteiger partial charge in [-0.1, -0.05) is 41.4 Å². The zero-order valence-corrected chi connectivity index (χ0v) is 19.9. The number of halogens is 3. The van der Waals surface area contributed by atoms with Crippen LogP contribution in [0.1, 0.15) is 18.1 Å². The van der Waals surface area contributed by atoms with E-state index in [1.54, 1.807) is 24.3 Å². The van der Waals surface area contributed by atoms with Crippen molar-refractivity contribution in [2.24, 2.45) is 10.1 Å². The van der Waals surface area contributed by atoms with Crippen molar-refractivity contribution in [3.63, 3.8) is 0 Å². The van der Waals surface area contributed by atoms with Crippen LogP contribution in [0.2, 0.25) is 10.0 Å². The Morgan fingerprint density at radius 3 is 2.36 bits per heavy atom. The maximum atomic E-state index is 11.3. The average Bonchev–Trinajstić information content (AvgIpc) is 2.60. The third-order valence-electron chi connectivity index (χ3n) is 3.72. The number of rotatable bonds is 7. The number of aliphatic imine (C=N–C) groups is 1. The lowest BCUT2D eigenvalue weighted by Crippen LogP contribution is -2.38. The molecule has 0 heterocycles. The Morgan fingerprint density at radius 1 is 1.11 bits per heavy atom. The average molecular weight is 557 g/mol. The molecule has 0 bridgehead atoms. The summed E-state index contributed by atoms with van der Waals surface area (Å²) < 4.78 is 22.6. The van der Waals surface area contributed by atoms with Gasteiger partial charge in [0.15, 0.2) is 5.96 Å². The van der Waals surface area contributed by atoms with E-state index >= 15 is 0 Å². The Kier molecular flexibility index (Phi) is 10.5. The standard InChI is InChI=1S/C18H22Cl2N4O2S.HI/c1-2-22-18(24-12-14-5-6-15(19)11-17(14)20)23-10-9-13-3-7-16(8-4-13)27(21,25)26;/h3-8,11H,2,9-10,12H2,1H3,(H2,21,25,26)(H2,22,23,24);1H. The minimum absolute atomic E-state index is 0. The number of guanidine groups is 1. The Balaban J connectivity index is 0.00000392. The van der Waals surface area contributed by atoms with Gasteiger partial charge in [0.25, 0.3) is 0 Å². The Morgan fingerprint density at radius 2 is 1.79 bits per heavy atom. The molecule has 0 saturated carbocycles. The van der Waals surface area contributed by atoms with E-state index in [2.05, 4.69) is 15.6 Å². The molecule has 2 rings (SSSR count). The minimum atomic E-state index is -3.66. The summed E-state index contributed by atoms with van der Waals surface area (Å²) >= 11 is 12.1. The number of nitrogens with one attached hydrogen (secondary N) is 2. The summed E-state index contributed by atoms with van der Waals surface area (Å²) in [6.45, 7) is 3.77. The molecule has 154 valence electrons. The summed E-state index contributed by atoms with van der Waals surface area (Å²) in [6.07, 6.45) is 0.705. The van der Waals surface area contributed by atoms with Crippen molar-refractivity contribution in [3.8, 4) is 0 Å². The molecule has 0 aliphatic carbocycles. The molecule has 0 saturated heterocycles. The van der Waals surface area contributed by atoms with E-state index in [1.807, 2.05) is 13.0 Å². The van der Waals surface area contributed by atoms with Crippen LogP contribution in [0.15, 0.2) is 52.4 Å². The lowest BCUT2D eigenvalue weighted by atomic mass is 10.1. The maximum absolute atomic E-state index is 11.3. The summed E-state index contributed by atoms with van der Waals surface area (Å²) in [6, 6.07) is 11.8. The first-order chi connectivity index (χ1) is 12.8. The topological polar surface area (TPSA) is 96.6 Å². The predicted molar refractivity (Wildman–Crippen MR) is 126 cm³/mol. The monoisotopic (exact) mass is 556 g/mol. The SMILES string of the molecule is CCNC(=NCc1ccc(Cl)cc1Cl)NCCc1ccc(S(N)(=O)=O)cc1.I. The van der Waals surface area contributed by atoms with Gasteiger partial charge < -0.3 is 10.6 Å². The van der Waals surface area contributed by atoms with Gasteiger partial charge in [0, 0.05) is 23.1 Å². The number of sulfonamides is 1. The van der Waals surface area contributed by atoms with Crippen molar-refractivity contribution in [1.82, 2.24) is 10.6 Å². The summed E-state index contributed by atoms with van der Waals surface area (Å²) in [4.78, 5) is 4.63. The van der Waals surface area contributed by atoms with Crippen LogP contribution in [0, 0.1) is 0 Å². The maximum Gasteiger partial charge on any atom is 0.238 e. The molecule has 28 heavy (non-hydrogen) atoms. The quantitative estimate of drug-likeness (QED) is 0.276. The molecule has 0 amide bonds. The van der Waals surface area contributed by atoms with Gasteiger partial charge >= 0.3 is 0 Å². The number of nitrogens with two attached hydrogens (primary N) is 1. The van der Waals surface area contributed by atoms with Crippen LogP contribution in [0.4, 0.5) is 0 Å².